The molecule has 1 aromatic carbocycles. The fourth-order valence-corrected chi connectivity index (χ4v) is 5.45. The molecule has 36 heavy (non-hydrogen) atoms. The molecule has 0 saturated heterocycles. The fraction of sp³-hybridized carbons (Fsp3) is 0.400. The normalized spacial score (nSPS) is 25.0. The lowest BCUT2D eigenvalue weighted by Gasteiger charge is -2.46. The number of Topliss-reactive ketones (excluding diaryl/α,β-unsaturated/α-hetero) is 2. The summed E-state index contributed by atoms with van der Waals surface area (Å²) in [6, 6.07) is 3.20. The second kappa shape index (κ2) is 8.59. The Morgan fingerprint density at radius 3 is 2.36 bits per heavy atom. The average molecular weight is 498 g/mol. The average Bonchev–Trinajstić information content (AvgIpc) is 2.75. The zero-order chi connectivity index (χ0) is 26.7. The predicted octanol–water partition coefficient (Wildman–Crippen LogP) is 0.887. The van der Waals surface area contributed by atoms with Crippen molar-refractivity contribution in [2.75, 3.05) is 19.0 Å². The highest BCUT2D eigenvalue weighted by atomic mass is 16.5. The Bertz CT molecular complexity index is 1310. The van der Waals surface area contributed by atoms with Gasteiger partial charge in [-0.3, -0.25) is 29.3 Å². The minimum atomic E-state index is -2.66. The number of amides is 2. The van der Waals surface area contributed by atoms with Crippen molar-refractivity contribution in [1.29, 1.82) is 0 Å². The number of anilines is 1. The van der Waals surface area contributed by atoms with Crippen LogP contribution in [0.25, 0.3) is 5.76 Å². The van der Waals surface area contributed by atoms with Crippen LogP contribution >= 0.6 is 0 Å². The van der Waals surface area contributed by atoms with E-state index in [9.17, 15) is 39.3 Å². The number of ketones is 2. The van der Waals surface area contributed by atoms with E-state index in [-0.39, 0.29) is 29.7 Å². The number of carbonyl (C=O) groups is 5. The summed E-state index contributed by atoms with van der Waals surface area (Å²) in [5.74, 6) is -7.87. The Morgan fingerprint density at radius 1 is 1.11 bits per heavy atom. The zero-order valence-corrected chi connectivity index (χ0v) is 20.2. The number of carbonyl (C=O) groups excluding carboxylic acids is 5. The number of ether oxygens (including phenoxy) is 1. The van der Waals surface area contributed by atoms with Crippen LogP contribution in [-0.4, -0.2) is 64.4 Å². The van der Waals surface area contributed by atoms with Crippen LogP contribution in [-0.2, 0) is 30.4 Å². The molecule has 4 rings (SSSR count). The molecular formula is C25H26N2O9. The molecule has 190 valence electrons. The lowest BCUT2D eigenvalue weighted by atomic mass is 9.59. The molecule has 0 radical (unpaired) electrons. The smallest absolute Gasteiger partial charge is 0.308 e. The summed E-state index contributed by atoms with van der Waals surface area (Å²) in [7, 11) is 3.58. The summed E-state index contributed by atoms with van der Waals surface area (Å²) in [5.41, 5.74) is -2.28. The molecule has 0 heterocycles. The lowest BCUT2D eigenvalue weighted by Crippen LogP contribution is -2.58. The third-order valence-electron chi connectivity index (χ3n) is 6.91. The van der Waals surface area contributed by atoms with Gasteiger partial charge >= 0.3 is 5.97 Å². The Labute approximate surface area is 206 Å². The minimum absolute atomic E-state index is 0.0218. The molecule has 1 fully saturated rings. The van der Waals surface area contributed by atoms with Gasteiger partial charge in [-0.2, -0.15) is 0 Å². The highest BCUT2D eigenvalue weighted by molar-refractivity contribution is 6.25. The fourth-order valence-electron chi connectivity index (χ4n) is 5.45. The molecule has 3 atom stereocenters. The molecule has 3 aliphatic rings. The first-order valence-electron chi connectivity index (χ1n) is 11.3. The topological polar surface area (TPSA) is 171 Å². The number of aliphatic hydroxyl groups is 3. The summed E-state index contributed by atoms with van der Waals surface area (Å²) in [5, 5.41) is 35.5. The Kier molecular flexibility index (Phi) is 5.99. The standard InChI is InChI=1S/C25H26N2O9/c1-10(28)26-24(34)20-16(30)9-13-7-12-8-14-15(27(3)4)5-6-17(36-11(2)29)19(14)21(31)18(12)22(32)25(13,35)23(20)33/h5-6,12-13,31,33,35H,7-9H2,1-4H3,(H,26,28,34). The molecule has 0 aliphatic heterocycles. The van der Waals surface area contributed by atoms with Gasteiger partial charge in [0.2, 0.25) is 11.7 Å². The highest BCUT2D eigenvalue weighted by Gasteiger charge is 2.60. The molecule has 3 unspecified atom stereocenters. The van der Waals surface area contributed by atoms with E-state index in [1.807, 2.05) is 5.32 Å². The van der Waals surface area contributed by atoms with Crippen molar-refractivity contribution >= 4 is 40.8 Å². The first-order valence-corrected chi connectivity index (χ1v) is 11.3. The molecule has 1 saturated carbocycles. The summed E-state index contributed by atoms with van der Waals surface area (Å²) >= 11 is 0. The second-order valence-corrected chi connectivity index (χ2v) is 9.48. The van der Waals surface area contributed by atoms with Gasteiger partial charge in [-0.1, -0.05) is 0 Å². The number of nitrogens with one attached hydrogen (secondary N) is 1. The molecule has 0 aromatic heterocycles. The van der Waals surface area contributed by atoms with Crippen molar-refractivity contribution in [1.82, 2.24) is 5.32 Å². The number of nitrogens with zero attached hydrogens (tertiary/aromatic N) is 1. The zero-order valence-electron chi connectivity index (χ0n) is 20.2. The van der Waals surface area contributed by atoms with Gasteiger partial charge < -0.3 is 25.0 Å². The number of imide groups is 1. The Hall–Kier alpha value is -3.99. The Morgan fingerprint density at radius 2 is 1.78 bits per heavy atom. The Balaban J connectivity index is 1.92. The number of rotatable bonds is 3. The van der Waals surface area contributed by atoms with E-state index in [4.69, 9.17) is 4.74 Å². The molecule has 3 aliphatic carbocycles. The van der Waals surface area contributed by atoms with E-state index in [1.54, 1.807) is 25.1 Å². The molecule has 11 heteroatoms. The SMILES string of the molecule is CC(=O)NC(=O)C1=C(O)C2(O)C(=O)C3=C(O)c4c(OC(C)=O)ccc(N(C)C)c4CC3CC2CC1=O. The van der Waals surface area contributed by atoms with Gasteiger partial charge in [0, 0.05) is 51.5 Å². The van der Waals surface area contributed by atoms with Crippen LogP contribution in [0.1, 0.15) is 37.8 Å². The summed E-state index contributed by atoms with van der Waals surface area (Å²) in [6.45, 7) is 2.22. The van der Waals surface area contributed by atoms with E-state index in [0.29, 0.717) is 11.3 Å². The van der Waals surface area contributed by atoms with Crippen molar-refractivity contribution in [3.05, 3.63) is 40.2 Å². The van der Waals surface area contributed by atoms with Crippen molar-refractivity contribution in [2.45, 2.75) is 38.7 Å². The predicted molar refractivity (Wildman–Crippen MR) is 125 cm³/mol. The van der Waals surface area contributed by atoms with Crippen molar-refractivity contribution in [3.63, 3.8) is 0 Å². The van der Waals surface area contributed by atoms with Crippen LogP contribution < -0.4 is 15.0 Å². The maximum absolute atomic E-state index is 13.7. The number of fused-ring (bicyclic) bond motifs is 3. The van der Waals surface area contributed by atoms with Crippen LogP contribution in [0, 0.1) is 11.8 Å². The van der Waals surface area contributed by atoms with Crippen molar-refractivity contribution in [3.8, 4) is 5.75 Å². The molecule has 0 spiro atoms. The first kappa shape index (κ1) is 25.1. The van der Waals surface area contributed by atoms with Crippen LogP contribution in [0.15, 0.2) is 29.0 Å². The van der Waals surface area contributed by atoms with Gasteiger partial charge in [0.05, 0.1) is 5.56 Å². The van der Waals surface area contributed by atoms with E-state index in [2.05, 4.69) is 0 Å². The van der Waals surface area contributed by atoms with Gasteiger partial charge in [0.25, 0.3) is 5.91 Å². The number of hydrogen-bond donors (Lipinski definition) is 4. The molecule has 11 nitrogen and oxygen atoms in total. The van der Waals surface area contributed by atoms with Gasteiger partial charge in [-0.05, 0) is 36.5 Å². The maximum Gasteiger partial charge on any atom is 0.308 e. The second-order valence-electron chi connectivity index (χ2n) is 9.48. The first-order chi connectivity index (χ1) is 16.8. The maximum atomic E-state index is 13.7. The van der Waals surface area contributed by atoms with Gasteiger partial charge in [0.1, 0.15) is 22.8 Å². The molecule has 0 bridgehead atoms. The van der Waals surface area contributed by atoms with E-state index >= 15 is 0 Å². The summed E-state index contributed by atoms with van der Waals surface area (Å²) in [6.07, 6.45) is -0.145. The van der Waals surface area contributed by atoms with Gasteiger partial charge in [-0.15, -0.1) is 0 Å². The van der Waals surface area contributed by atoms with Gasteiger partial charge in [0.15, 0.2) is 11.4 Å². The number of hydrogen-bond acceptors (Lipinski definition) is 10. The number of esters is 1. The van der Waals surface area contributed by atoms with Crippen molar-refractivity contribution in [2.24, 2.45) is 11.8 Å². The van der Waals surface area contributed by atoms with Gasteiger partial charge in [-0.25, -0.2) is 0 Å². The number of aliphatic hydroxyl groups excluding tert-OH is 2. The lowest BCUT2D eigenvalue weighted by molar-refractivity contribution is -0.147. The van der Waals surface area contributed by atoms with E-state index in [0.717, 1.165) is 6.92 Å². The van der Waals surface area contributed by atoms with Crippen LogP contribution in [0.3, 0.4) is 0 Å². The largest absolute Gasteiger partial charge is 0.508 e. The molecule has 1 aromatic rings. The monoisotopic (exact) mass is 498 g/mol. The third kappa shape index (κ3) is 3.67. The van der Waals surface area contributed by atoms with E-state index < -0.39 is 70.3 Å². The molecular weight excluding hydrogens is 472 g/mol. The highest BCUT2D eigenvalue weighted by Crippen LogP contribution is 2.53. The number of benzene rings is 1. The third-order valence-corrected chi connectivity index (χ3v) is 6.91. The van der Waals surface area contributed by atoms with E-state index in [1.165, 1.54) is 13.0 Å². The van der Waals surface area contributed by atoms with Crippen molar-refractivity contribution < 1.29 is 44.0 Å². The quantitative estimate of drug-likeness (QED) is 0.266. The van der Waals surface area contributed by atoms with Crippen LogP contribution in [0.2, 0.25) is 0 Å². The molecule has 2 amide bonds. The van der Waals surface area contributed by atoms with Crippen LogP contribution in [0.4, 0.5) is 5.69 Å². The minimum Gasteiger partial charge on any atom is -0.508 e. The summed E-state index contributed by atoms with van der Waals surface area (Å²) < 4.78 is 5.27. The van der Waals surface area contributed by atoms with Crippen LogP contribution in [0.5, 0.6) is 5.75 Å². The molecule has 4 N–H and O–H groups in total. The summed E-state index contributed by atoms with van der Waals surface area (Å²) in [4.78, 5) is 63.6.